The summed E-state index contributed by atoms with van der Waals surface area (Å²) >= 11 is 0. The Morgan fingerprint density at radius 1 is 1.15 bits per heavy atom. The Hall–Kier alpha value is -3.98. The van der Waals surface area contributed by atoms with Crippen LogP contribution in [-0.2, 0) is 6.54 Å². The molecule has 9 nitrogen and oxygen atoms in total. The third-order valence-electron chi connectivity index (χ3n) is 5.87. The van der Waals surface area contributed by atoms with Crippen molar-refractivity contribution in [2.45, 2.75) is 6.54 Å². The molecule has 1 saturated heterocycles. The third kappa shape index (κ3) is 4.10. The number of nitrogens with zero attached hydrogens (tertiary/aromatic N) is 4. The van der Waals surface area contributed by atoms with Gasteiger partial charge in [-0.2, -0.15) is 0 Å². The lowest BCUT2D eigenvalue weighted by Crippen LogP contribution is -2.43. The highest BCUT2D eigenvalue weighted by Crippen LogP contribution is 2.30. The van der Waals surface area contributed by atoms with Gasteiger partial charge in [0.15, 0.2) is 0 Å². The number of anilines is 3. The normalized spacial score (nSPS) is 15.4. The van der Waals surface area contributed by atoms with E-state index in [0.717, 1.165) is 37.4 Å². The minimum Gasteiger partial charge on any atom is -0.497 e. The summed E-state index contributed by atoms with van der Waals surface area (Å²) in [5.74, 6) is 0.535. The van der Waals surface area contributed by atoms with Crippen LogP contribution in [-0.4, -0.2) is 55.1 Å². The van der Waals surface area contributed by atoms with Gasteiger partial charge in [-0.25, -0.2) is 4.98 Å². The van der Waals surface area contributed by atoms with E-state index in [1.807, 2.05) is 18.2 Å². The number of hydrogen-bond acceptors (Lipinski definition) is 7. The molecule has 1 fully saturated rings. The molecule has 2 aliphatic heterocycles. The largest absolute Gasteiger partial charge is 0.497 e. The Morgan fingerprint density at radius 3 is 2.82 bits per heavy atom. The van der Waals surface area contributed by atoms with E-state index in [1.54, 1.807) is 48.7 Å². The topological polar surface area (TPSA) is 99.7 Å². The molecule has 9 heteroatoms. The molecule has 1 aromatic carbocycles. The Kier molecular flexibility index (Phi) is 5.62. The first kappa shape index (κ1) is 20.9. The Labute approximate surface area is 191 Å². The highest BCUT2D eigenvalue weighted by Gasteiger charge is 2.30. The molecule has 33 heavy (non-hydrogen) atoms. The molecule has 0 saturated carbocycles. The van der Waals surface area contributed by atoms with Gasteiger partial charge in [-0.1, -0.05) is 12.1 Å². The molecule has 0 unspecified atom stereocenters. The van der Waals surface area contributed by atoms with Crippen LogP contribution in [0, 0.1) is 0 Å². The van der Waals surface area contributed by atoms with Gasteiger partial charge in [0.2, 0.25) is 0 Å². The fraction of sp³-hybridized carbons (Fsp3) is 0.250. The molecular weight excluding hydrogens is 420 g/mol. The number of hydrogen-bond donors (Lipinski definition) is 2. The number of nitrogens with one attached hydrogen (secondary N) is 2. The van der Waals surface area contributed by atoms with Crippen LogP contribution in [0.1, 0.15) is 26.4 Å². The Balaban J connectivity index is 1.36. The van der Waals surface area contributed by atoms with E-state index < -0.39 is 0 Å². The number of piperazine rings is 1. The lowest BCUT2D eigenvalue weighted by Gasteiger charge is -2.30. The van der Waals surface area contributed by atoms with E-state index in [-0.39, 0.29) is 17.5 Å². The number of ether oxygens (including phenoxy) is 1. The van der Waals surface area contributed by atoms with Crippen molar-refractivity contribution in [2.24, 2.45) is 0 Å². The maximum Gasteiger partial charge on any atom is 0.274 e. The number of methoxy groups -OCH3 is 1. The van der Waals surface area contributed by atoms with Crippen molar-refractivity contribution in [3.63, 3.8) is 0 Å². The maximum absolute atomic E-state index is 13.0. The zero-order chi connectivity index (χ0) is 22.8. The summed E-state index contributed by atoms with van der Waals surface area (Å²) in [6, 6.07) is 12.4. The summed E-state index contributed by atoms with van der Waals surface area (Å²) in [5, 5.41) is 6.27. The van der Waals surface area contributed by atoms with Gasteiger partial charge in [-0.15, -0.1) is 0 Å². The predicted molar refractivity (Wildman–Crippen MR) is 125 cm³/mol. The van der Waals surface area contributed by atoms with Crippen molar-refractivity contribution in [3.05, 3.63) is 71.7 Å². The van der Waals surface area contributed by atoms with E-state index in [9.17, 15) is 9.59 Å². The molecule has 0 aliphatic carbocycles. The first-order chi connectivity index (χ1) is 16.1. The molecule has 168 valence electrons. The molecule has 2 N–H and O–H groups in total. The zero-order valence-electron chi connectivity index (χ0n) is 18.2. The number of benzene rings is 1. The lowest BCUT2D eigenvalue weighted by atomic mass is 10.1. The molecule has 0 spiro atoms. The maximum atomic E-state index is 13.0. The van der Waals surface area contributed by atoms with Crippen molar-refractivity contribution in [2.75, 3.05) is 48.4 Å². The standard InChI is InChI=1S/C24H24N6O3/c1-33-17-6-5-16-15-30(24(32)18(16)13-17)22-4-2-3-19(27-22)23(31)28-20-14-26-8-7-21(20)29-11-9-25-10-12-29/h2-8,13-14,25H,9-12,15H2,1H3,(H,28,31). The molecule has 2 aromatic heterocycles. The molecule has 2 amide bonds. The Bertz CT molecular complexity index is 1210. The zero-order valence-corrected chi connectivity index (χ0v) is 18.2. The molecule has 4 heterocycles. The molecule has 0 radical (unpaired) electrons. The second-order valence-corrected chi connectivity index (χ2v) is 7.88. The summed E-state index contributed by atoms with van der Waals surface area (Å²) in [7, 11) is 1.57. The van der Waals surface area contributed by atoms with Gasteiger partial charge in [0, 0.05) is 37.9 Å². The number of pyridine rings is 2. The van der Waals surface area contributed by atoms with Crippen LogP contribution in [0.3, 0.4) is 0 Å². The van der Waals surface area contributed by atoms with Gasteiger partial charge in [0.25, 0.3) is 11.8 Å². The van der Waals surface area contributed by atoms with Crippen LogP contribution < -0.4 is 25.2 Å². The second-order valence-electron chi connectivity index (χ2n) is 7.88. The SMILES string of the molecule is COc1ccc2c(c1)C(=O)N(c1cccc(C(=O)Nc3cnccc3N3CCNCC3)n1)C2. The minimum absolute atomic E-state index is 0.165. The first-order valence-electron chi connectivity index (χ1n) is 10.8. The number of amides is 2. The number of aromatic nitrogens is 2. The van der Waals surface area contributed by atoms with E-state index >= 15 is 0 Å². The molecule has 0 bridgehead atoms. The van der Waals surface area contributed by atoms with Crippen LogP contribution in [0.4, 0.5) is 17.2 Å². The van der Waals surface area contributed by atoms with Gasteiger partial charge >= 0.3 is 0 Å². The molecule has 0 atom stereocenters. The number of carbonyl (C=O) groups excluding carboxylic acids is 2. The van der Waals surface area contributed by atoms with Gasteiger partial charge in [0.1, 0.15) is 17.3 Å². The van der Waals surface area contributed by atoms with E-state index in [2.05, 4.69) is 25.5 Å². The lowest BCUT2D eigenvalue weighted by molar-refractivity contribution is 0.0990. The number of carbonyl (C=O) groups is 2. The third-order valence-corrected chi connectivity index (χ3v) is 5.87. The Morgan fingerprint density at radius 2 is 2.00 bits per heavy atom. The average Bonchev–Trinajstić information content (AvgIpc) is 3.20. The summed E-state index contributed by atoms with van der Waals surface area (Å²) in [4.78, 5) is 38.5. The van der Waals surface area contributed by atoms with Gasteiger partial charge in [-0.05, 0) is 35.9 Å². The van der Waals surface area contributed by atoms with Crippen molar-refractivity contribution >= 4 is 29.0 Å². The second kappa shape index (κ2) is 8.87. The van der Waals surface area contributed by atoms with Crippen LogP contribution in [0.5, 0.6) is 5.75 Å². The minimum atomic E-state index is -0.355. The molecule has 5 rings (SSSR count). The van der Waals surface area contributed by atoms with Crippen molar-refractivity contribution in [3.8, 4) is 5.75 Å². The molecule has 2 aliphatic rings. The van der Waals surface area contributed by atoms with Gasteiger partial charge in [0.05, 0.1) is 31.2 Å². The monoisotopic (exact) mass is 444 g/mol. The van der Waals surface area contributed by atoms with Crippen LogP contribution >= 0.6 is 0 Å². The first-order valence-corrected chi connectivity index (χ1v) is 10.8. The highest BCUT2D eigenvalue weighted by molar-refractivity contribution is 6.10. The van der Waals surface area contributed by atoms with Gasteiger partial charge < -0.3 is 20.3 Å². The van der Waals surface area contributed by atoms with Crippen LogP contribution in [0.15, 0.2) is 54.9 Å². The van der Waals surface area contributed by atoms with Crippen molar-refractivity contribution in [1.29, 1.82) is 0 Å². The van der Waals surface area contributed by atoms with E-state index in [4.69, 9.17) is 4.74 Å². The summed E-state index contributed by atoms with van der Waals surface area (Å²) in [6.45, 7) is 3.87. The van der Waals surface area contributed by atoms with E-state index in [0.29, 0.717) is 29.4 Å². The summed E-state index contributed by atoms with van der Waals surface area (Å²) in [5.41, 5.74) is 3.27. The number of rotatable bonds is 5. The highest BCUT2D eigenvalue weighted by atomic mass is 16.5. The summed E-state index contributed by atoms with van der Waals surface area (Å²) < 4.78 is 5.24. The van der Waals surface area contributed by atoms with Crippen LogP contribution in [0.25, 0.3) is 0 Å². The van der Waals surface area contributed by atoms with E-state index in [1.165, 1.54) is 0 Å². The smallest absolute Gasteiger partial charge is 0.274 e. The fourth-order valence-corrected chi connectivity index (χ4v) is 4.14. The quantitative estimate of drug-likeness (QED) is 0.623. The van der Waals surface area contributed by atoms with Crippen molar-refractivity contribution < 1.29 is 14.3 Å². The number of fused-ring (bicyclic) bond motifs is 1. The molecular formula is C24H24N6O3. The fourth-order valence-electron chi connectivity index (χ4n) is 4.14. The van der Waals surface area contributed by atoms with Crippen molar-refractivity contribution in [1.82, 2.24) is 15.3 Å². The van der Waals surface area contributed by atoms with Crippen LogP contribution in [0.2, 0.25) is 0 Å². The summed E-state index contributed by atoms with van der Waals surface area (Å²) in [6.07, 6.45) is 3.37. The predicted octanol–water partition coefficient (Wildman–Crippen LogP) is 2.31. The average molecular weight is 444 g/mol. The van der Waals surface area contributed by atoms with Gasteiger partial charge in [-0.3, -0.25) is 19.5 Å². The molecule has 3 aromatic rings.